The number of fused-ring (bicyclic) bond motifs is 4. The van der Waals surface area contributed by atoms with Crippen molar-refractivity contribution in [3.63, 3.8) is 0 Å². The molecule has 2 aliphatic carbocycles. The normalized spacial score (nSPS) is 37.2. The van der Waals surface area contributed by atoms with E-state index in [9.17, 15) is 4.79 Å². The standard InChI is InChI=1S/C21H26N2O2/c1-19-10-20(2,12-21(3,11-19)23-17(19)24)18-22-15-8-13-6-4-5-7-14(13)9-16(15)25-18/h8-9H,4-7,10-12H2,1-3H3,(H,23,24)/t19-,20+,21+/m0/s1. The first-order valence-corrected chi connectivity index (χ1v) is 9.54. The van der Waals surface area contributed by atoms with Crippen LogP contribution in [0.15, 0.2) is 16.5 Å². The van der Waals surface area contributed by atoms with Gasteiger partial charge in [-0.25, -0.2) is 4.98 Å². The van der Waals surface area contributed by atoms with E-state index in [1.165, 1.54) is 24.0 Å². The number of aromatic nitrogens is 1. The van der Waals surface area contributed by atoms with Gasteiger partial charge in [-0.2, -0.15) is 0 Å². The van der Waals surface area contributed by atoms with Gasteiger partial charge in [0.05, 0.1) is 0 Å². The van der Waals surface area contributed by atoms with Gasteiger partial charge in [0.2, 0.25) is 11.8 Å². The van der Waals surface area contributed by atoms with Gasteiger partial charge in [0.25, 0.3) is 0 Å². The lowest BCUT2D eigenvalue weighted by atomic mass is 9.60. The minimum atomic E-state index is -0.318. The molecule has 2 heterocycles. The minimum absolute atomic E-state index is 0.154. The van der Waals surface area contributed by atoms with Crippen molar-refractivity contribution in [3.05, 3.63) is 29.2 Å². The van der Waals surface area contributed by atoms with Gasteiger partial charge < -0.3 is 9.73 Å². The third-order valence-corrected chi connectivity index (χ3v) is 6.67. The zero-order valence-electron chi connectivity index (χ0n) is 15.4. The summed E-state index contributed by atoms with van der Waals surface area (Å²) in [4.78, 5) is 17.4. The van der Waals surface area contributed by atoms with E-state index in [0.29, 0.717) is 0 Å². The summed E-state index contributed by atoms with van der Waals surface area (Å²) in [5, 5.41) is 3.23. The summed E-state index contributed by atoms with van der Waals surface area (Å²) in [7, 11) is 0. The van der Waals surface area contributed by atoms with Crippen LogP contribution in [0.1, 0.15) is 69.9 Å². The van der Waals surface area contributed by atoms with Gasteiger partial charge in [-0.15, -0.1) is 0 Å². The van der Waals surface area contributed by atoms with Crippen molar-refractivity contribution in [2.24, 2.45) is 5.41 Å². The zero-order chi connectivity index (χ0) is 17.4. The number of nitrogens with zero attached hydrogens (tertiary/aromatic N) is 1. The summed E-state index contributed by atoms with van der Waals surface area (Å²) in [6.07, 6.45) is 7.42. The van der Waals surface area contributed by atoms with Crippen molar-refractivity contribution in [3.8, 4) is 0 Å². The molecule has 3 aliphatic rings. The van der Waals surface area contributed by atoms with E-state index >= 15 is 0 Å². The molecule has 25 heavy (non-hydrogen) atoms. The maximum Gasteiger partial charge on any atom is 0.226 e. The number of aryl methyl sites for hydroxylation is 2. The minimum Gasteiger partial charge on any atom is -0.440 e. The number of hydrogen-bond acceptors (Lipinski definition) is 3. The van der Waals surface area contributed by atoms with Crippen molar-refractivity contribution >= 4 is 17.0 Å². The molecule has 0 unspecified atom stereocenters. The molecule has 2 fully saturated rings. The number of hydrogen-bond donors (Lipinski definition) is 1. The Morgan fingerprint density at radius 2 is 1.68 bits per heavy atom. The fourth-order valence-electron chi connectivity index (χ4n) is 6.01. The third-order valence-electron chi connectivity index (χ3n) is 6.67. The van der Waals surface area contributed by atoms with Gasteiger partial charge in [0.15, 0.2) is 5.58 Å². The quantitative estimate of drug-likeness (QED) is 0.853. The molecule has 3 atom stereocenters. The van der Waals surface area contributed by atoms with Gasteiger partial charge in [-0.05, 0) is 75.1 Å². The highest BCUT2D eigenvalue weighted by Gasteiger charge is 2.60. The molecule has 1 saturated heterocycles. The van der Waals surface area contributed by atoms with E-state index in [2.05, 4.69) is 38.2 Å². The number of amides is 1. The van der Waals surface area contributed by atoms with Crippen molar-refractivity contribution < 1.29 is 9.21 Å². The molecular weight excluding hydrogens is 312 g/mol. The molecule has 132 valence electrons. The topological polar surface area (TPSA) is 55.1 Å². The number of carbonyl (C=O) groups excluding carboxylic acids is 1. The lowest BCUT2D eigenvalue weighted by Crippen LogP contribution is -2.46. The lowest BCUT2D eigenvalue weighted by molar-refractivity contribution is -0.127. The Morgan fingerprint density at radius 3 is 2.40 bits per heavy atom. The monoisotopic (exact) mass is 338 g/mol. The van der Waals surface area contributed by atoms with Crippen LogP contribution in [0.3, 0.4) is 0 Å². The van der Waals surface area contributed by atoms with E-state index in [0.717, 1.165) is 49.1 Å². The molecule has 1 aromatic carbocycles. The zero-order valence-corrected chi connectivity index (χ0v) is 15.4. The highest BCUT2D eigenvalue weighted by Crippen LogP contribution is 2.55. The fraction of sp³-hybridized carbons (Fsp3) is 0.619. The van der Waals surface area contributed by atoms with E-state index in [-0.39, 0.29) is 22.3 Å². The Bertz CT molecular complexity index is 858. The lowest BCUT2D eigenvalue weighted by Gasteiger charge is -2.42. The molecular formula is C21H26N2O2. The molecule has 4 nitrogen and oxygen atoms in total. The highest BCUT2D eigenvalue weighted by atomic mass is 16.3. The summed E-state index contributed by atoms with van der Waals surface area (Å²) in [6, 6.07) is 4.43. The SMILES string of the molecule is C[C@@]12C[C@](C)(C[C@@](C)(c3nc4cc5c(cc4o3)CCCC5)C1)C(=O)N2. The van der Waals surface area contributed by atoms with Gasteiger partial charge in [-0.1, -0.05) is 13.8 Å². The first kappa shape index (κ1) is 15.4. The largest absolute Gasteiger partial charge is 0.440 e. The Hall–Kier alpha value is -1.84. The average molecular weight is 338 g/mol. The number of rotatable bonds is 1. The first-order chi connectivity index (χ1) is 11.8. The second kappa shape index (κ2) is 4.66. The van der Waals surface area contributed by atoms with Gasteiger partial charge in [-0.3, -0.25) is 4.79 Å². The molecule has 5 rings (SSSR count). The Kier molecular flexibility index (Phi) is 2.87. The van der Waals surface area contributed by atoms with Crippen LogP contribution in [0.4, 0.5) is 0 Å². The van der Waals surface area contributed by atoms with Gasteiger partial charge in [0.1, 0.15) is 5.52 Å². The van der Waals surface area contributed by atoms with E-state index < -0.39 is 0 Å². The first-order valence-electron chi connectivity index (χ1n) is 9.54. The number of nitrogens with one attached hydrogen (secondary N) is 1. The van der Waals surface area contributed by atoms with Crippen LogP contribution >= 0.6 is 0 Å². The predicted molar refractivity (Wildman–Crippen MR) is 96.5 cm³/mol. The van der Waals surface area contributed by atoms with Crippen molar-refractivity contribution in [1.29, 1.82) is 0 Å². The van der Waals surface area contributed by atoms with Crippen LogP contribution in [0.5, 0.6) is 0 Å². The van der Waals surface area contributed by atoms with Crippen LogP contribution in [0.25, 0.3) is 11.1 Å². The molecule has 1 N–H and O–H groups in total. The molecule has 1 aromatic heterocycles. The predicted octanol–water partition coefficient (Wildman–Crippen LogP) is 4.04. The maximum absolute atomic E-state index is 12.5. The van der Waals surface area contributed by atoms with E-state index in [1.54, 1.807) is 0 Å². The van der Waals surface area contributed by atoms with Crippen molar-refractivity contribution in [2.75, 3.05) is 0 Å². The molecule has 0 spiro atoms. The highest BCUT2D eigenvalue weighted by molar-refractivity contribution is 5.86. The number of carbonyl (C=O) groups is 1. The summed E-state index contributed by atoms with van der Waals surface area (Å²) in [6.45, 7) is 6.47. The maximum atomic E-state index is 12.5. The van der Waals surface area contributed by atoms with Crippen LogP contribution in [0.2, 0.25) is 0 Å². The van der Waals surface area contributed by atoms with Crippen LogP contribution in [-0.4, -0.2) is 16.4 Å². The van der Waals surface area contributed by atoms with Gasteiger partial charge >= 0.3 is 0 Å². The second-order valence-corrected chi connectivity index (χ2v) is 9.48. The molecule has 0 radical (unpaired) electrons. The summed E-state index contributed by atoms with van der Waals surface area (Å²) >= 11 is 0. The number of oxazole rings is 1. The Morgan fingerprint density at radius 1 is 1.00 bits per heavy atom. The summed E-state index contributed by atoms with van der Waals surface area (Å²) in [5.41, 5.74) is 4.06. The Balaban J connectivity index is 1.59. The summed E-state index contributed by atoms with van der Waals surface area (Å²) in [5.74, 6) is 0.990. The van der Waals surface area contributed by atoms with Crippen molar-refractivity contribution in [2.45, 2.75) is 76.7 Å². The van der Waals surface area contributed by atoms with Crippen LogP contribution in [-0.2, 0) is 23.1 Å². The molecule has 2 aromatic rings. The molecule has 4 heteroatoms. The van der Waals surface area contributed by atoms with Crippen molar-refractivity contribution in [1.82, 2.24) is 10.3 Å². The smallest absolute Gasteiger partial charge is 0.226 e. The van der Waals surface area contributed by atoms with E-state index in [1.807, 2.05) is 0 Å². The fourth-order valence-corrected chi connectivity index (χ4v) is 6.01. The Labute approximate surface area is 148 Å². The number of benzene rings is 1. The average Bonchev–Trinajstić information content (AvgIpc) is 3.01. The molecule has 2 bridgehead atoms. The second-order valence-electron chi connectivity index (χ2n) is 9.48. The van der Waals surface area contributed by atoms with Crippen LogP contribution in [0, 0.1) is 5.41 Å². The summed E-state index contributed by atoms with van der Waals surface area (Å²) < 4.78 is 6.28. The molecule has 1 saturated carbocycles. The van der Waals surface area contributed by atoms with Gasteiger partial charge in [0, 0.05) is 16.4 Å². The van der Waals surface area contributed by atoms with E-state index in [4.69, 9.17) is 9.40 Å². The molecule has 1 amide bonds. The third kappa shape index (κ3) is 2.19. The molecule has 1 aliphatic heterocycles. The van der Waals surface area contributed by atoms with Crippen LogP contribution < -0.4 is 5.32 Å².